The normalized spacial score (nSPS) is 18.8. The van der Waals surface area contributed by atoms with Gasteiger partial charge in [-0.3, -0.25) is 0 Å². The Labute approximate surface area is 110 Å². The SMILES string of the molecule is CC1c2ccsc2CCN1c1ccc(F)cc1N. The number of thiophene rings is 1. The third kappa shape index (κ3) is 1.77. The molecule has 1 aliphatic rings. The fraction of sp³-hybridized carbons (Fsp3) is 0.286. The summed E-state index contributed by atoms with van der Waals surface area (Å²) in [6.45, 7) is 3.11. The molecule has 4 heteroatoms. The number of nitrogens with two attached hydrogens (primary N) is 1. The largest absolute Gasteiger partial charge is 0.397 e. The van der Waals surface area contributed by atoms with Crippen LogP contribution in [0.1, 0.15) is 23.4 Å². The zero-order valence-electron chi connectivity index (χ0n) is 10.2. The summed E-state index contributed by atoms with van der Waals surface area (Å²) in [4.78, 5) is 3.71. The average Bonchev–Trinajstić information content (AvgIpc) is 2.80. The van der Waals surface area contributed by atoms with E-state index in [1.54, 1.807) is 6.07 Å². The van der Waals surface area contributed by atoms with Gasteiger partial charge in [0.05, 0.1) is 17.4 Å². The van der Waals surface area contributed by atoms with Gasteiger partial charge < -0.3 is 10.6 Å². The predicted octanol–water partition coefficient (Wildman–Crippen LogP) is 3.59. The van der Waals surface area contributed by atoms with E-state index in [1.165, 1.54) is 22.6 Å². The molecular weight excluding hydrogens is 247 g/mol. The maximum absolute atomic E-state index is 13.1. The Morgan fingerprint density at radius 3 is 3.00 bits per heavy atom. The lowest BCUT2D eigenvalue weighted by atomic mass is 10.0. The quantitative estimate of drug-likeness (QED) is 0.796. The zero-order chi connectivity index (χ0) is 12.7. The van der Waals surface area contributed by atoms with Crippen LogP contribution in [-0.2, 0) is 6.42 Å². The lowest BCUT2D eigenvalue weighted by Gasteiger charge is -2.36. The maximum Gasteiger partial charge on any atom is 0.125 e. The first-order valence-corrected chi connectivity index (χ1v) is 6.92. The molecule has 0 saturated carbocycles. The Kier molecular flexibility index (Phi) is 2.74. The second-order valence-corrected chi connectivity index (χ2v) is 5.62. The van der Waals surface area contributed by atoms with E-state index in [0.29, 0.717) is 11.7 Å². The second kappa shape index (κ2) is 4.28. The fourth-order valence-electron chi connectivity index (χ4n) is 2.63. The van der Waals surface area contributed by atoms with Crippen LogP contribution in [0, 0.1) is 5.82 Å². The van der Waals surface area contributed by atoms with Crippen LogP contribution in [0.4, 0.5) is 15.8 Å². The van der Waals surface area contributed by atoms with E-state index >= 15 is 0 Å². The van der Waals surface area contributed by atoms with E-state index in [-0.39, 0.29) is 5.82 Å². The van der Waals surface area contributed by atoms with Gasteiger partial charge in [0.15, 0.2) is 0 Å². The van der Waals surface area contributed by atoms with E-state index < -0.39 is 0 Å². The number of benzene rings is 1. The molecule has 1 aliphatic heterocycles. The van der Waals surface area contributed by atoms with Crippen LogP contribution in [-0.4, -0.2) is 6.54 Å². The van der Waals surface area contributed by atoms with Crippen LogP contribution in [0.3, 0.4) is 0 Å². The van der Waals surface area contributed by atoms with E-state index in [0.717, 1.165) is 18.7 Å². The summed E-state index contributed by atoms with van der Waals surface area (Å²) in [6.07, 6.45) is 1.04. The highest BCUT2D eigenvalue weighted by atomic mass is 32.1. The van der Waals surface area contributed by atoms with Gasteiger partial charge in [-0.2, -0.15) is 0 Å². The average molecular weight is 262 g/mol. The van der Waals surface area contributed by atoms with Crippen LogP contribution in [0.25, 0.3) is 0 Å². The zero-order valence-corrected chi connectivity index (χ0v) is 11.0. The van der Waals surface area contributed by atoms with Crippen molar-refractivity contribution in [2.75, 3.05) is 17.2 Å². The molecule has 2 nitrogen and oxygen atoms in total. The minimum atomic E-state index is -0.280. The third-order valence-corrected chi connectivity index (χ3v) is 4.57. The summed E-state index contributed by atoms with van der Waals surface area (Å²) in [5.41, 5.74) is 8.75. The van der Waals surface area contributed by atoms with Gasteiger partial charge in [0, 0.05) is 11.4 Å². The first-order valence-electron chi connectivity index (χ1n) is 6.05. The summed E-state index contributed by atoms with van der Waals surface area (Å²) in [5.74, 6) is -0.280. The van der Waals surface area contributed by atoms with Crippen molar-refractivity contribution < 1.29 is 4.39 Å². The summed E-state index contributed by atoms with van der Waals surface area (Å²) in [5, 5.41) is 2.14. The molecule has 0 bridgehead atoms. The van der Waals surface area contributed by atoms with Crippen LogP contribution in [0.15, 0.2) is 29.6 Å². The molecule has 2 N–H and O–H groups in total. The van der Waals surface area contributed by atoms with Gasteiger partial charge in [0.25, 0.3) is 0 Å². The monoisotopic (exact) mass is 262 g/mol. The van der Waals surface area contributed by atoms with E-state index in [1.807, 2.05) is 11.3 Å². The number of rotatable bonds is 1. The number of nitrogen functional groups attached to an aromatic ring is 1. The lowest BCUT2D eigenvalue weighted by molar-refractivity contribution is 0.620. The highest BCUT2D eigenvalue weighted by molar-refractivity contribution is 7.10. The third-order valence-electron chi connectivity index (χ3n) is 3.58. The molecule has 1 aromatic carbocycles. The minimum Gasteiger partial charge on any atom is -0.397 e. The number of halogens is 1. The molecule has 1 aromatic heterocycles. The van der Waals surface area contributed by atoms with Crippen molar-refractivity contribution in [2.45, 2.75) is 19.4 Å². The maximum atomic E-state index is 13.1. The molecule has 2 aromatic rings. The molecule has 18 heavy (non-hydrogen) atoms. The van der Waals surface area contributed by atoms with Crippen molar-refractivity contribution in [2.24, 2.45) is 0 Å². The number of hydrogen-bond donors (Lipinski definition) is 1. The summed E-state index contributed by atoms with van der Waals surface area (Å²) in [6, 6.07) is 7.12. The molecule has 0 amide bonds. The number of fused-ring (bicyclic) bond motifs is 1. The number of hydrogen-bond acceptors (Lipinski definition) is 3. The van der Waals surface area contributed by atoms with Crippen LogP contribution >= 0.6 is 11.3 Å². The van der Waals surface area contributed by atoms with Crippen molar-refractivity contribution >= 4 is 22.7 Å². The van der Waals surface area contributed by atoms with Gasteiger partial charge in [0.1, 0.15) is 5.82 Å². The van der Waals surface area contributed by atoms with Gasteiger partial charge in [-0.1, -0.05) is 0 Å². The number of nitrogens with zero attached hydrogens (tertiary/aromatic N) is 1. The Morgan fingerprint density at radius 2 is 2.22 bits per heavy atom. The predicted molar refractivity (Wildman–Crippen MR) is 74.6 cm³/mol. The summed E-state index contributed by atoms with van der Waals surface area (Å²) >= 11 is 1.82. The number of anilines is 2. The lowest BCUT2D eigenvalue weighted by Crippen LogP contribution is -2.33. The van der Waals surface area contributed by atoms with Crippen molar-refractivity contribution in [1.29, 1.82) is 0 Å². The molecule has 0 spiro atoms. The smallest absolute Gasteiger partial charge is 0.125 e. The first kappa shape index (κ1) is 11.5. The molecule has 94 valence electrons. The summed E-state index contributed by atoms with van der Waals surface area (Å²) in [7, 11) is 0. The van der Waals surface area contributed by atoms with Gasteiger partial charge >= 0.3 is 0 Å². The molecular formula is C14H15FN2S. The molecule has 1 atom stereocenters. The molecule has 2 heterocycles. The molecule has 1 unspecified atom stereocenters. The van der Waals surface area contributed by atoms with Crippen molar-refractivity contribution in [3.8, 4) is 0 Å². The fourth-order valence-corrected chi connectivity index (χ4v) is 3.59. The second-order valence-electron chi connectivity index (χ2n) is 4.62. The van der Waals surface area contributed by atoms with Gasteiger partial charge in [-0.05, 0) is 48.6 Å². The van der Waals surface area contributed by atoms with Crippen LogP contribution < -0.4 is 10.6 Å². The molecule has 0 saturated heterocycles. The van der Waals surface area contributed by atoms with Gasteiger partial charge in [0.2, 0.25) is 0 Å². The minimum absolute atomic E-state index is 0.280. The van der Waals surface area contributed by atoms with Crippen molar-refractivity contribution in [3.05, 3.63) is 45.9 Å². The van der Waals surface area contributed by atoms with Crippen molar-refractivity contribution in [3.63, 3.8) is 0 Å². The van der Waals surface area contributed by atoms with Crippen LogP contribution in [0.2, 0.25) is 0 Å². The first-order chi connectivity index (χ1) is 8.66. The van der Waals surface area contributed by atoms with E-state index in [2.05, 4.69) is 23.3 Å². The molecule has 0 aliphatic carbocycles. The Balaban J connectivity index is 1.99. The highest BCUT2D eigenvalue weighted by Crippen LogP contribution is 2.38. The Hall–Kier alpha value is -1.55. The Morgan fingerprint density at radius 1 is 1.39 bits per heavy atom. The van der Waals surface area contributed by atoms with Gasteiger partial charge in [-0.15, -0.1) is 11.3 Å². The topological polar surface area (TPSA) is 29.3 Å². The standard InChI is InChI=1S/C14H15FN2S/c1-9-11-5-7-18-14(11)4-6-17(9)13-3-2-10(15)8-12(13)16/h2-3,5,7-9H,4,6,16H2,1H3. The van der Waals surface area contributed by atoms with Crippen LogP contribution in [0.5, 0.6) is 0 Å². The summed E-state index contributed by atoms with van der Waals surface area (Å²) < 4.78 is 13.1. The van der Waals surface area contributed by atoms with E-state index in [4.69, 9.17) is 5.73 Å². The van der Waals surface area contributed by atoms with E-state index in [9.17, 15) is 4.39 Å². The highest BCUT2D eigenvalue weighted by Gasteiger charge is 2.25. The molecule has 0 radical (unpaired) electrons. The Bertz CT molecular complexity index is 579. The molecule has 3 rings (SSSR count). The molecule has 0 fully saturated rings. The van der Waals surface area contributed by atoms with Crippen molar-refractivity contribution in [1.82, 2.24) is 0 Å². The van der Waals surface area contributed by atoms with Gasteiger partial charge in [-0.25, -0.2) is 4.39 Å².